The van der Waals surface area contributed by atoms with E-state index in [0.717, 1.165) is 49.9 Å². The lowest BCUT2D eigenvalue weighted by molar-refractivity contribution is 0.0930. The molecule has 2 fully saturated rings. The average molecular weight is 286 g/mol. The molecule has 2 aliphatic rings. The Morgan fingerprint density at radius 1 is 1.29 bits per heavy atom. The van der Waals surface area contributed by atoms with Crippen LogP contribution in [0.4, 0.5) is 5.82 Å². The Balaban J connectivity index is 1.92. The van der Waals surface area contributed by atoms with Gasteiger partial charge in [-0.3, -0.25) is 4.90 Å². The van der Waals surface area contributed by atoms with Gasteiger partial charge in [0, 0.05) is 25.6 Å². The summed E-state index contributed by atoms with van der Waals surface area (Å²) in [5, 5.41) is 9.18. The van der Waals surface area contributed by atoms with Crippen LogP contribution in [0.3, 0.4) is 0 Å². The second kappa shape index (κ2) is 5.63. The van der Waals surface area contributed by atoms with Gasteiger partial charge in [-0.2, -0.15) is 5.26 Å². The van der Waals surface area contributed by atoms with Gasteiger partial charge in [0.2, 0.25) is 0 Å². The predicted octanol–water partition coefficient (Wildman–Crippen LogP) is 1.34. The number of pyridine rings is 1. The Morgan fingerprint density at radius 2 is 2.10 bits per heavy atom. The van der Waals surface area contributed by atoms with Crippen molar-refractivity contribution >= 4 is 5.82 Å². The third-order valence-electron chi connectivity index (χ3n) is 4.56. The van der Waals surface area contributed by atoms with E-state index < -0.39 is 0 Å². The number of fused-ring (bicyclic) bond motifs is 3. The Labute approximate surface area is 126 Å². The molecule has 0 saturated carbocycles. The van der Waals surface area contributed by atoms with Crippen LogP contribution in [0.15, 0.2) is 6.07 Å². The molecular weight excluding hydrogens is 264 g/mol. The van der Waals surface area contributed by atoms with Gasteiger partial charge >= 0.3 is 0 Å². The summed E-state index contributed by atoms with van der Waals surface area (Å²) in [5.41, 5.74) is 2.54. The number of hydrogen-bond donors (Lipinski definition) is 0. The third-order valence-corrected chi connectivity index (χ3v) is 4.56. The average Bonchev–Trinajstić information content (AvgIpc) is 2.66. The highest BCUT2D eigenvalue weighted by atomic mass is 16.5. The quantitative estimate of drug-likeness (QED) is 0.780. The molecule has 3 heterocycles. The second-order valence-electron chi connectivity index (χ2n) is 6.27. The van der Waals surface area contributed by atoms with Gasteiger partial charge in [-0.15, -0.1) is 0 Å². The summed E-state index contributed by atoms with van der Waals surface area (Å²) >= 11 is 0. The van der Waals surface area contributed by atoms with Crippen molar-refractivity contribution in [2.24, 2.45) is 5.92 Å². The van der Waals surface area contributed by atoms with E-state index in [-0.39, 0.29) is 0 Å². The normalized spacial score (nSPS) is 26.3. The van der Waals surface area contributed by atoms with E-state index in [1.807, 2.05) is 19.9 Å². The first kappa shape index (κ1) is 14.3. The van der Waals surface area contributed by atoms with Crippen LogP contribution in [0.25, 0.3) is 0 Å². The van der Waals surface area contributed by atoms with Crippen molar-refractivity contribution < 1.29 is 4.74 Å². The van der Waals surface area contributed by atoms with E-state index in [4.69, 9.17) is 4.74 Å². The van der Waals surface area contributed by atoms with Gasteiger partial charge in [-0.05, 0) is 32.5 Å². The van der Waals surface area contributed by atoms with E-state index in [2.05, 4.69) is 27.9 Å². The number of nitrogens with zero attached hydrogens (tertiary/aromatic N) is 4. The molecule has 0 aliphatic carbocycles. The van der Waals surface area contributed by atoms with E-state index in [9.17, 15) is 5.26 Å². The zero-order chi connectivity index (χ0) is 15.0. The first-order valence-corrected chi connectivity index (χ1v) is 7.49. The second-order valence-corrected chi connectivity index (χ2v) is 6.27. The first-order chi connectivity index (χ1) is 10.1. The maximum atomic E-state index is 9.18. The topological polar surface area (TPSA) is 52.4 Å². The molecule has 2 atom stereocenters. The van der Waals surface area contributed by atoms with Crippen LogP contribution in [0.1, 0.15) is 16.8 Å². The van der Waals surface area contributed by atoms with E-state index >= 15 is 0 Å². The van der Waals surface area contributed by atoms with Crippen LogP contribution in [-0.4, -0.2) is 55.8 Å². The van der Waals surface area contributed by atoms with Crippen molar-refractivity contribution in [3.05, 3.63) is 22.9 Å². The van der Waals surface area contributed by atoms with Gasteiger partial charge in [0.05, 0.1) is 30.5 Å². The van der Waals surface area contributed by atoms with Crippen molar-refractivity contribution in [2.75, 3.05) is 44.8 Å². The molecule has 1 aromatic rings. The molecule has 2 bridgehead atoms. The summed E-state index contributed by atoms with van der Waals surface area (Å²) in [6, 6.07) is 4.71. The molecule has 0 N–H and O–H groups in total. The number of hydrogen-bond acceptors (Lipinski definition) is 5. The predicted molar refractivity (Wildman–Crippen MR) is 81.4 cm³/mol. The highest BCUT2D eigenvalue weighted by molar-refractivity contribution is 5.50. The summed E-state index contributed by atoms with van der Waals surface area (Å²) in [4.78, 5) is 9.43. The molecule has 2 aliphatic heterocycles. The monoisotopic (exact) mass is 286 g/mol. The molecule has 5 heteroatoms. The summed E-state index contributed by atoms with van der Waals surface area (Å²) in [5.74, 6) is 1.51. The zero-order valence-corrected chi connectivity index (χ0v) is 13.0. The van der Waals surface area contributed by atoms with E-state index in [0.29, 0.717) is 17.5 Å². The number of anilines is 1. The highest BCUT2D eigenvalue weighted by Gasteiger charge is 2.32. The van der Waals surface area contributed by atoms with Crippen LogP contribution in [-0.2, 0) is 4.74 Å². The Bertz CT molecular complexity index is 557. The van der Waals surface area contributed by atoms with Gasteiger partial charge < -0.3 is 9.64 Å². The molecule has 0 spiro atoms. The fourth-order valence-electron chi connectivity index (χ4n) is 3.38. The van der Waals surface area contributed by atoms with Gasteiger partial charge in [-0.25, -0.2) is 4.98 Å². The highest BCUT2D eigenvalue weighted by Crippen LogP contribution is 2.25. The minimum absolute atomic E-state index is 0.413. The largest absolute Gasteiger partial charge is 0.379 e. The minimum Gasteiger partial charge on any atom is -0.379 e. The van der Waals surface area contributed by atoms with Crippen molar-refractivity contribution in [1.29, 1.82) is 5.26 Å². The van der Waals surface area contributed by atoms with E-state index in [1.54, 1.807) is 0 Å². The van der Waals surface area contributed by atoms with Crippen LogP contribution >= 0.6 is 0 Å². The third kappa shape index (κ3) is 2.74. The van der Waals surface area contributed by atoms with Gasteiger partial charge in [-0.1, -0.05) is 0 Å². The maximum absolute atomic E-state index is 9.18. The molecule has 0 unspecified atom stereocenters. The number of rotatable bonds is 1. The number of aryl methyl sites for hydroxylation is 2. The smallest absolute Gasteiger partial charge is 0.129 e. The van der Waals surface area contributed by atoms with Crippen molar-refractivity contribution in [3.8, 4) is 6.07 Å². The fraction of sp³-hybridized carbons (Fsp3) is 0.625. The SMILES string of the molecule is Cc1cc(N2C[C@@H]3COC[C@H](C2)N(C)C3)nc(C)c1C#N. The van der Waals surface area contributed by atoms with Crippen molar-refractivity contribution in [1.82, 2.24) is 9.88 Å². The molecule has 21 heavy (non-hydrogen) atoms. The van der Waals surface area contributed by atoms with Gasteiger partial charge in [0.25, 0.3) is 0 Å². The number of ether oxygens (including phenoxy) is 1. The summed E-state index contributed by atoms with van der Waals surface area (Å²) < 4.78 is 5.77. The minimum atomic E-state index is 0.413. The van der Waals surface area contributed by atoms with Crippen LogP contribution in [0.5, 0.6) is 0 Å². The number of aromatic nitrogens is 1. The van der Waals surface area contributed by atoms with Crippen molar-refractivity contribution in [2.45, 2.75) is 19.9 Å². The standard InChI is InChI=1S/C16H22N4O/c1-11-4-16(18-12(2)15(11)5-17)20-7-13-6-19(3)14(8-20)10-21-9-13/h4,13-14H,6-10H2,1-3H3/t13-,14+/m1/s1. The maximum Gasteiger partial charge on any atom is 0.129 e. The van der Waals surface area contributed by atoms with E-state index in [1.165, 1.54) is 0 Å². The molecule has 0 radical (unpaired) electrons. The van der Waals surface area contributed by atoms with Crippen LogP contribution in [0, 0.1) is 31.1 Å². The summed E-state index contributed by atoms with van der Waals surface area (Å²) in [7, 11) is 2.18. The first-order valence-electron chi connectivity index (χ1n) is 7.49. The van der Waals surface area contributed by atoms with Crippen LogP contribution in [0.2, 0.25) is 0 Å². The Morgan fingerprint density at radius 3 is 2.81 bits per heavy atom. The fourth-order valence-corrected chi connectivity index (χ4v) is 3.38. The molecule has 0 aromatic carbocycles. The Kier molecular flexibility index (Phi) is 3.83. The summed E-state index contributed by atoms with van der Waals surface area (Å²) in [6.07, 6.45) is 0. The van der Waals surface area contributed by atoms with Crippen molar-refractivity contribution in [3.63, 3.8) is 0 Å². The zero-order valence-electron chi connectivity index (χ0n) is 13.0. The molecule has 3 rings (SSSR count). The molecular formula is C16H22N4O. The van der Waals surface area contributed by atoms with Gasteiger partial charge in [0.1, 0.15) is 11.9 Å². The van der Waals surface area contributed by atoms with Gasteiger partial charge in [0.15, 0.2) is 0 Å². The number of likely N-dealkylation sites (N-methyl/N-ethyl adjacent to an activating group) is 1. The summed E-state index contributed by atoms with van der Waals surface area (Å²) in [6.45, 7) is 8.51. The molecule has 2 saturated heterocycles. The lowest BCUT2D eigenvalue weighted by Crippen LogP contribution is -2.42. The molecule has 5 nitrogen and oxygen atoms in total. The number of nitriles is 1. The van der Waals surface area contributed by atoms with Crippen LogP contribution < -0.4 is 4.90 Å². The Hall–Kier alpha value is -1.64. The lowest BCUT2D eigenvalue weighted by atomic mass is 10.1. The molecule has 1 aromatic heterocycles. The lowest BCUT2D eigenvalue weighted by Gasteiger charge is -2.31. The molecule has 0 amide bonds. The molecule has 112 valence electrons.